The zero-order valence-corrected chi connectivity index (χ0v) is 22.8. The summed E-state index contributed by atoms with van der Waals surface area (Å²) in [6.07, 6.45) is 2.76. The quantitative estimate of drug-likeness (QED) is 0.317. The highest BCUT2D eigenvalue weighted by atomic mass is 16.4. The van der Waals surface area contributed by atoms with Crippen LogP contribution in [0.4, 0.5) is 0 Å². The zero-order chi connectivity index (χ0) is 27.3. The summed E-state index contributed by atoms with van der Waals surface area (Å²) in [5.41, 5.74) is 2.41. The second-order valence-corrected chi connectivity index (χ2v) is 11.3. The van der Waals surface area contributed by atoms with Crippen molar-refractivity contribution in [1.82, 2.24) is 4.90 Å². The number of carboxylic acid groups (broad SMARTS) is 1. The third-order valence-electron chi connectivity index (χ3n) is 8.40. The lowest BCUT2D eigenvalue weighted by Gasteiger charge is -2.42. The molecule has 0 amide bonds. The summed E-state index contributed by atoms with van der Waals surface area (Å²) in [6.45, 7) is 8.06. The molecule has 0 bridgehead atoms. The van der Waals surface area contributed by atoms with E-state index in [1.165, 1.54) is 0 Å². The number of benzene rings is 3. The lowest BCUT2D eigenvalue weighted by Crippen LogP contribution is -2.44. The van der Waals surface area contributed by atoms with E-state index in [9.17, 15) is 20.1 Å². The Labute approximate surface area is 226 Å². The Kier molecular flexibility index (Phi) is 8.71. The second-order valence-electron chi connectivity index (χ2n) is 11.3. The van der Waals surface area contributed by atoms with Gasteiger partial charge in [-0.25, -0.2) is 0 Å². The van der Waals surface area contributed by atoms with Crippen molar-refractivity contribution in [1.29, 1.82) is 0 Å². The van der Waals surface area contributed by atoms with Crippen molar-refractivity contribution in [2.24, 2.45) is 5.92 Å². The number of carbonyl (C=O) groups is 1. The minimum Gasteiger partial charge on any atom is -0.481 e. The van der Waals surface area contributed by atoms with Crippen molar-refractivity contribution < 1.29 is 20.1 Å². The van der Waals surface area contributed by atoms with E-state index in [4.69, 9.17) is 0 Å². The molecule has 4 rings (SSSR count). The van der Waals surface area contributed by atoms with E-state index in [1.54, 1.807) is 13.8 Å². The predicted octanol–water partition coefficient (Wildman–Crippen LogP) is 5.82. The molecule has 1 aliphatic heterocycles. The smallest absolute Gasteiger partial charge is 0.313 e. The maximum absolute atomic E-state index is 12.1. The van der Waals surface area contributed by atoms with Crippen molar-refractivity contribution in [2.75, 3.05) is 19.6 Å². The molecule has 1 fully saturated rings. The van der Waals surface area contributed by atoms with Crippen molar-refractivity contribution in [3.63, 3.8) is 0 Å². The van der Waals surface area contributed by atoms with Gasteiger partial charge < -0.3 is 20.2 Å². The van der Waals surface area contributed by atoms with E-state index >= 15 is 0 Å². The van der Waals surface area contributed by atoms with Crippen LogP contribution in [0.15, 0.2) is 78.9 Å². The number of aliphatic hydroxyl groups excluding tert-OH is 1. The molecule has 0 aromatic heterocycles. The maximum Gasteiger partial charge on any atom is 0.313 e. The number of carboxylic acids is 1. The molecular weight excluding hydrogens is 474 g/mol. The number of nitrogens with zero attached hydrogens (tertiary/aromatic N) is 1. The first-order valence-electron chi connectivity index (χ1n) is 13.7. The Bertz CT molecular complexity index is 1160. The van der Waals surface area contributed by atoms with Crippen LogP contribution in [0, 0.1) is 12.8 Å². The Hall–Kier alpha value is -2.99. The standard InChI is InChI=1S/C33H41NO4/c1-24-23-25(16-17-29(24)32(2,3)31(36)37)30(35)15-10-20-34-21-18-28(19-22-34)33(38,26-11-6-4-7-12-26)27-13-8-5-9-14-27/h4-9,11-14,16-17,23,28,30,35,38H,10,15,18-22H2,1-3H3,(H,36,37)/t30-/m0/s1. The molecule has 5 nitrogen and oxygen atoms in total. The molecule has 3 aromatic carbocycles. The minimum absolute atomic E-state index is 0.130. The first kappa shape index (κ1) is 28.0. The van der Waals surface area contributed by atoms with Gasteiger partial charge in [0.1, 0.15) is 5.60 Å². The molecule has 1 heterocycles. The van der Waals surface area contributed by atoms with E-state index in [1.807, 2.05) is 85.8 Å². The van der Waals surface area contributed by atoms with Crippen LogP contribution in [0.5, 0.6) is 0 Å². The highest BCUT2D eigenvalue weighted by molar-refractivity contribution is 5.80. The molecule has 1 aliphatic rings. The van der Waals surface area contributed by atoms with Gasteiger partial charge in [0.2, 0.25) is 0 Å². The number of aliphatic carboxylic acids is 1. The summed E-state index contributed by atoms with van der Waals surface area (Å²) in [4.78, 5) is 14.1. The molecule has 0 spiro atoms. The van der Waals surface area contributed by atoms with Crippen LogP contribution >= 0.6 is 0 Å². The third-order valence-corrected chi connectivity index (χ3v) is 8.40. The SMILES string of the molecule is Cc1cc([C@@H](O)CCCN2CCC(C(O)(c3ccccc3)c3ccccc3)CC2)ccc1C(C)(C)C(=O)O. The molecule has 1 saturated heterocycles. The molecule has 0 aliphatic carbocycles. The third kappa shape index (κ3) is 5.85. The first-order valence-corrected chi connectivity index (χ1v) is 13.7. The normalized spacial score (nSPS) is 16.3. The summed E-state index contributed by atoms with van der Waals surface area (Å²) < 4.78 is 0. The van der Waals surface area contributed by atoms with Crippen LogP contribution in [0.3, 0.4) is 0 Å². The largest absolute Gasteiger partial charge is 0.481 e. The molecule has 1 atom stereocenters. The molecule has 0 radical (unpaired) electrons. The fraction of sp³-hybridized carbons (Fsp3) is 0.424. The highest BCUT2D eigenvalue weighted by Gasteiger charge is 2.41. The van der Waals surface area contributed by atoms with Crippen LogP contribution in [0.25, 0.3) is 0 Å². The van der Waals surface area contributed by atoms with E-state index in [0.29, 0.717) is 6.42 Å². The lowest BCUT2D eigenvalue weighted by atomic mass is 9.72. The van der Waals surface area contributed by atoms with Gasteiger partial charge in [0, 0.05) is 0 Å². The van der Waals surface area contributed by atoms with Crippen LogP contribution in [-0.2, 0) is 15.8 Å². The van der Waals surface area contributed by atoms with Gasteiger partial charge in [-0.2, -0.15) is 0 Å². The van der Waals surface area contributed by atoms with E-state index in [0.717, 1.165) is 66.7 Å². The molecule has 3 aromatic rings. The van der Waals surface area contributed by atoms with Gasteiger partial charge in [-0.1, -0.05) is 78.9 Å². The Balaban J connectivity index is 1.33. The van der Waals surface area contributed by atoms with Gasteiger partial charge >= 0.3 is 5.97 Å². The molecular formula is C33H41NO4. The molecule has 38 heavy (non-hydrogen) atoms. The number of hydrogen-bond acceptors (Lipinski definition) is 4. The highest BCUT2D eigenvalue weighted by Crippen LogP contribution is 2.42. The summed E-state index contributed by atoms with van der Waals surface area (Å²) in [7, 11) is 0. The van der Waals surface area contributed by atoms with Gasteiger partial charge in [-0.15, -0.1) is 0 Å². The summed E-state index contributed by atoms with van der Waals surface area (Å²) in [6, 6.07) is 25.7. The van der Waals surface area contributed by atoms with Gasteiger partial charge in [0.25, 0.3) is 0 Å². The number of aliphatic hydroxyl groups is 2. The van der Waals surface area contributed by atoms with Gasteiger partial charge in [-0.3, -0.25) is 4.79 Å². The molecule has 0 unspecified atom stereocenters. The minimum atomic E-state index is -1.01. The van der Waals surface area contributed by atoms with E-state index < -0.39 is 23.1 Å². The summed E-state index contributed by atoms with van der Waals surface area (Å²) in [5.74, 6) is -0.727. The first-order chi connectivity index (χ1) is 18.1. The van der Waals surface area contributed by atoms with E-state index in [-0.39, 0.29) is 5.92 Å². The maximum atomic E-state index is 12.1. The van der Waals surface area contributed by atoms with Crippen LogP contribution in [-0.4, -0.2) is 45.8 Å². The van der Waals surface area contributed by atoms with Gasteiger partial charge in [0.15, 0.2) is 0 Å². The van der Waals surface area contributed by atoms with Crippen LogP contribution < -0.4 is 0 Å². The van der Waals surface area contributed by atoms with E-state index in [2.05, 4.69) is 4.90 Å². The van der Waals surface area contributed by atoms with Crippen molar-refractivity contribution in [2.45, 2.75) is 63.6 Å². The average Bonchev–Trinajstić information content (AvgIpc) is 2.93. The Morgan fingerprint density at radius 1 is 0.947 bits per heavy atom. The van der Waals surface area contributed by atoms with Crippen molar-refractivity contribution in [3.8, 4) is 0 Å². The Morgan fingerprint density at radius 2 is 1.50 bits per heavy atom. The average molecular weight is 516 g/mol. The second kappa shape index (κ2) is 11.8. The number of likely N-dealkylation sites (tertiary alicyclic amines) is 1. The van der Waals surface area contributed by atoms with Crippen molar-refractivity contribution >= 4 is 5.97 Å². The number of rotatable bonds is 10. The predicted molar refractivity (Wildman–Crippen MR) is 151 cm³/mol. The summed E-state index contributed by atoms with van der Waals surface area (Å²) in [5, 5.41) is 32.4. The lowest BCUT2D eigenvalue weighted by molar-refractivity contribution is -0.142. The fourth-order valence-corrected chi connectivity index (χ4v) is 5.98. The number of hydrogen-bond donors (Lipinski definition) is 3. The summed E-state index contributed by atoms with van der Waals surface area (Å²) >= 11 is 0. The van der Waals surface area contributed by atoms with Crippen LogP contribution in [0.1, 0.15) is 73.5 Å². The molecule has 0 saturated carbocycles. The molecule has 3 N–H and O–H groups in total. The zero-order valence-electron chi connectivity index (χ0n) is 22.8. The fourth-order valence-electron chi connectivity index (χ4n) is 5.98. The molecule has 202 valence electrons. The van der Waals surface area contributed by atoms with Crippen LogP contribution in [0.2, 0.25) is 0 Å². The monoisotopic (exact) mass is 515 g/mol. The Morgan fingerprint density at radius 3 is 2.00 bits per heavy atom. The topological polar surface area (TPSA) is 81.0 Å². The van der Waals surface area contributed by atoms with Crippen molar-refractivity contribution in [3.05, 3.63) is 107 Å². The van der Waals surface area contributed by atoms with Gasteiger partial charge in [0.05, 0.1) is 11.5 Å². The van der Waals surface area contributed by atoms with Gasteiger partial charge in [-0.05, 0) is 99.8 Å². The molecule has 5 heteroatoms. The number of aryl methyl sites for hydroxylation is 1. The number of piperidine rings is 1.